The fourth-order valence-corrected chi connectivity index (χ4v) is 3.81. The highest BCUT2D eigenvalue weighted by Gasteiger charge is 2.18. The first-order valence-corrected chi connectivity index (χ1v) is 9.43. The fraction of sp³-hybridized carbons (Fsp3) is 0.0556. The summed E-state index contributed by atoms with van der Waals surface area (Å²) in [7, 11) is -2.13. The predicted octanol–water partition coefficient (Wildman–Crippen LogP) is 2.97. The van der Waals surface area contributed by atoms with Gasteiger partial charge in [0.15, 0.2) is 5.82 Å². The largest absolute Gasteiger partial charge is 0.277 e. The van der Waals surface area contributed by atoms with Crippen molar-refractivity contribution in [2.45, 2.75) is 4.90 Å². The van der Waals surface area contributed by atoms with E-state index in [9.17, 15) is 12.8 Å². The van der Waals surface area contributed by atoms with Crippen LogP contribution < -0.4 is 4.72 Å². The van der Waals surface area contributed by atoms with Crippen molar-refractivity contribution in [3.63, 3.8) is 0 Å². The molecule has 136 valence electrons. The molecule has 0 saturated carbocycles. The molecule has 9 heteroatoms. The number of nitrogens with zero attached hydrogens (tertiary/aromatic N) is 4. The number of para-hydroxylation sites is 1. The Bertz CT molecular complexity index is 1240. The van der Waals surface area contributed by atoms with E-state index < -0.39 is 15.8 Å². The summed E-state index contributed by atoms with van der Waals surface area (Å²) in [5, 5.41) is 4.96. The van der Waals surface area contributed by atoms with Gasteiger partial charge in [0.05, 0.1) is 29.3 Å². The summed E-state index contributed by atoms with van der Waals surface area (Å²) in [6.07, 6.45) is 5.38. The van der Waals surface area contributed by atoms with E-state index in [4.69, 9.17) is 0 Å². The summed E-state index contributed by atoms with van der Waals surface area (Å²) in [5.74, 6) is -0.526. The van der Waals surface area contributed by atoms with Gasteiger partial charge in [-0.15, -0.1) is 0 Å². The van der Waals surface area contributed by atoms with E-state index in [1.165, 1.54) is 30.6 Å². The molecule has 7 nitrogen and oxygen atoms in total. The van der Waals surface area contributed by atoms with Crippen LogP contribution in [-0.4, -0.2) is 28.2 Å². The molecule has 0 radical (unpaired) electrons. The third-order valence-electron chi connectivity index (χ3n) is 4.10. The zero-order valence-electron chi connectivity index (χ0n) is 14.2. The highest BCUT2D eigenvalue weighted by molar-refractivity contribution is 7.92. The van der Waals surface area contributed by atoms with Crippen LogP contribution in [0.2, 0.25) is 0 Å². The van der Waals surface area contributed by atoms with Gasteiger partial charge in [0, 0.05) is 30.4 Å². The molecule has 0 aliphatic carbocycles. The van der Waals surface area contributed by atoms with Gasteiger partial charge in [0.2, 0.25) is 0 Å². The zero-order valence-corrected chi connectivity index (χ0v) is 15.0. The smallest absolute Gasteiger partial charge is 0.263 e. The molecule has 1 aromatic carbocycles. The molecule has 0 aliphatic heterocycles. The SMILES string of the molecule is Cn1ncc2cccc(NS(=O)(=O)c3ccc(-c4ccncc4F)nc3)c21. The standard InChI is InChI=1S/C18H14FN5O2S/c1-24-18-12(9-22-24)3-2-4-17(18)23-27(25,26)13-5-6-16(21-10-13)14-7-8-20-11-15(14)19/h2-11,23H,1H3. The predicted molar refractivity (Wildman–Crippen MR) is 98.9 cm³/mol. The normalized spacial score (nSPS) is 11.6. The van der Waals surface area contributed by atoms with Gasteiger partial charge >= 0.3 is 0 Å². The minimum atomic E-state index is -3.87. The molecule has 3 aromatic heterocycles. The molecule has 0 bridgehead atoms. The van der Waals surface area contributed by atoms with Crippen molar-refractivity contribution in [2.75, 3.05) is 4.72 Å². The van der Waals surface area contributed by atoms with Crippen LogP contribution in [0.1, 0.15) is 0 Å². The van der Waals surface area contributed by atoms with Gasteiger partial charge in [-0.3, -0.25) is 19.4 Å². The number of aryl methyl sites for hydroxylation is 1. The average molecular weight is 383 g/mol. The number of hydrogen-bond donors (Lipinski definition) is 1. The van der Waals surface area contributed by atoms with E-state index in [-0.39, 0.29) is 10.5 Å². The highest BCUT2D eigenvalue weighted by atomic mass is 32.2. The lowest BCUT2D eigenvalue weighted by Gasteiger charge is -2.10. The number of halogens is 1. The molecular weight excluding hydrogens is 369 g/mol. The van der Waals surface area contributed by atoms with Gasteiger partial charge in [0.1, 0.15) is 4.90 Å². The Morgan fingerprint density at radius 2 is 1.93 bits per heavy atom. The number of benzene rings is 1. The quantitative estimate of drug-likeness (QED) is 0.585. The fourth-order valence-electron chi connectivity index (χ4n) is 2.80. The molecule has 0 saturated heterocycles. The first kappa shape index (κ1) is 17.1. The first-order chi connectivity index (χ1) is 13.0. The summed E-state index contributed by atoms with van der Waals surface area (Å²) in [5.41, 5.74) is 1.66. The summed E-state index contributed by atoms with van der Waals surface area (Å²) in [6, 6.07) is 9.57. The Labute approximate surface area is 154 Å². The van der Waals surface area contributed by atoms with Crippen molar-refractivity contribution in [2.24, 2.45) is 7.05 Å². The molecule has 4 rings (SSSR count). The van der Waals surface area contributed by atoms with Crippen LogP contribution in [0.5, 0.6) is 0 Å². The third-order valence-corrected chi connectivity index (χ3v) is 5.45. The molecule has 0 spiro atoms. The minimum Gasteiger partial charge on any atom is -0.277 e. The number of fused-ring (bicyclic) bond motifs is 1. The molecular formula is C18H14FN5O2S. The van der Waals surface area contributed by atoms with Crippen LogP contribution in [0.4, 0.5) is 10.1 Å². The van der Waals surface area contributed by atoms with Crippen molar-refractivity contribution in [3.8, 4) is 11.3 Å². The molecule has 0 atom stereocenters. The molecule has 3 heterocycles. The van der Waals surface area contributed by atoms with Crippen LogP contribution in [0.15, 0.2) is 66.1 Å². The molecule has 0 fully saturated rings. The van der Waals surface area contributed by atoms with E-state index in [1.54, 1.807) is 30.1 Å². The Balaban J connectivity index is 1.68. The van der Waals surface area contributed by atoms with Gasteiger partial charge in [-0.25, -0.2) is 12.8 Å². The maximum absolute atomic E-state index is 13.8. The number of sulfonamides is 1. The maximum Gasteiger partial charge on any atom is 0.263 e. The van der Waals surface area contributed by atoms with Gasteiger partial charge in [0.25, 0.3) is 10.0 Å². The Kier molecular flexibility index (Phi) is 4.08. The minimum absolute atomic E-state index is 0.0279. The van der Waals surface area contributed by atoms with E-state index in [2.05, 4.69) is 19.8 Å². The Hall–Kier alpha value is -3.33. The van der Waals surface area contributed by atoms with Crippen molar-refractivity contribution >= 4 is 26.6 Å². The van der Waals surface area contributed by atoms with Gasteiger partial charge in [-0.05, 0) is 24.3 Å². The van der Waals surface area contributed by atoms with E-state index in [1.807, 2.05) is 6.07 Å². The van der Waals surface area contributed by atoms with Crippen molar-refractivity contribution in [1.82, 2.24) is 19.7 Å². The zero-order chi connectivity index (χ0) is 19.0. The summed E-state index contributed by atoms with van der Waals surface area (Å²) < 4.78 is 43.4. The lowest BCUT2D eigenvalue weighted by Crippen LogP contribution is -2.14. The van der Waals surface area contributed by atoms with Gasteiger partial charge in [-0.1, -0.05) is 12.1 Å². The van der Waals surface area contributed by atoms with E-state index in [0.29, 0.717) is 16.9 Å². The molecule has 27 heavy (non-hydrogen) atoms. The van der Waals surface area contributed by atoms with Gasteiger partial charge in [-0.2, -0.15) is 5.10 Å². The second-order valence-corrected chi connectivity index (χ2v) is 7.53. The number of hydrogen-bond acceptors (Lipinski definition) is 5. The van der Waals surface area contributed by atoms with Crippen LogP contribution in [0.3, 0.4) is 0 Å². The van der Waals surface area contributed by atoms with Crippen LogP contribution in [0, 0.1) is 5.82 Å². The molecule has 0 aliphatic rings. The number of nitrogens with one attached hydrogen (secondary N) is 1. The second-order valence-electron chi connectivity index (χ2n) is 5.85. The van der Waals surface area contributed by atoms with Crippen molar-refractivity contribution in [1.29, 1.82) is 0 Å². The lowest BCUT2D eigenvalue weighted by molar-refractivity contribution is 0.601. The average Bonchev–Trinajstić information content (AvgIpc) is 3.04. The first-order valence-electron chi connectivity index (χ1n) is 7.95. The second kappa shape index (κ2) is 6.44. The van der Waals surface area contributed by atoms with Crippen LogP contribution in [-0.2, 0) is 17.1 Å². The number of pyridine rings is 2. The number of aromatic nitrogens is 4. The molecule has 0 unspecified atom stereocenters. The van der Waals surface area contributed by atoms with Crippen molar-refractivity contribution < 1.29 is 12.8 Å². The number of rotatable bonds is 4. The summed E-state index contributed by atoms with van der Waals surface area (Å²) in [4.78, 5) is 7.74. The van der Waals surface area contributed by atoms with Crippen molar-refractivity contribution in [3.05, 3.63) is 67.0 Å². The highest BCUT2D eigenvalue weighted by Crippen LogP contribution is 2.26. The van der Waals surface area contributed by atoms with Gasteiger partial charge < -0.3 is 0 Å². The molecule has 0 amide bonds. The molecule has 4 aromatic rings. The summed E-state index contributed by atoms with van der Waals surface area (Å²) >= 11 is 0. The van der Waals surface area contributed by atoms with Crippen LogP contribution in [0.25, 0.3) is 22.2 Å². The third kappa shape index (κ3) is 3.13. The Morgan fingerprint density at radius 1 is 1.07 bits per heavy atom. The van der Waals surface area contributed by atoms with E-state index in [0.717, 1.165) is 11.6 Å². The Morgan fingerprint density at radius 3 is 2.67 bits per heavy atom. The topological polar surface area (TPSA) is 89.8 Å². The monoisotopic (exact) mass is 383 g/mol. The lowest BCUT2D eigenvalue weighted by atomic mass is 10.2. The summed E-state index contributed by atoms with van der Waals surface area (Å²) in [6.45, 7) is 0. The van der Waals surface area contributed by atoms with Crippen LogP contribution >= 0.6 is 0 Å². The maximum atomic E-state index is 13.8. The molecule has 1 N–H and O–H groups in total. The number of anilines is 1. The van der Waals surface area contributed by atoms with E-state index >= 15 is 0 Å².